The second kappa shape index (κ2) is 3.35. The van der Waals surface area contributed by atoms with Gasteiger partial charge in [-0.2, -0.15) is 0 Å². The van der Waals surface area contributed by atoms with Crippen molar-refractivity contribution in [1.29, 1.82) is 0 Å². The minimum absolute atomic E-state index is 0.00481. The van der Waals surface area contributed by atoms with Crippen molar-refractivity contribution < 1.29 is 9.90 Å². The van der Waals surface area contributed by atoms with Crippen LogP contribution >= 0.6 is 0 Å². The summed E-state index contributed by atoms with van der Waals surface area (Å²) in [5.41, 5.74) is 6.24. The van der Waals surface area contributed by atoms with Crippen LogP contribution in [0.4, 0.5) is 5.69 Å². The molecule has 0 unspecified atom stereocenters. The summed E-state index contributed by atoms with van der Waals surface area (Å²) in [5.74, 6) is -0.173. The zero-order valence-corrected chi connectivity index (χ0v) is 7.61. The molecule has 13 heavy (non-hydrogen) atoms. The minimum Gasteiger partial charge on any atom is -0.508 e. The van der Waals surface area contributed by atoms with E-state index in [1.165, 1.54) is 23.1 Å². The molecule has 0 atom stereocenters. The van der Waals surface area contributed by atoms with E-state index in [1.54, 1.807) is 14.1 Å². The van der Waals surface area contributed by atoms with E-state index >= 15 is 0 Å². The number of nitrogens with zero attached hydrogens (tertiary/aromatic N) is 1. The lowest BCUT2D eigenvalue weighted by Gasteiger charge is -2.10. The smallest absolute Gasteiger partial charge is 0.253 e. The fraction of sp³-hybridized carbons (Fsp3) is 0.222. The molecule has 70 valence electrons. The molecule has 0 fully saturated rings. The summed E-state index contributed by atoms with van der Waals surface area (Å²) in [7, 11) is 3.28. The van der Waals surface area contributed by atoms with Gasteiger partial charge in [0, 0.05) is 31.4 Å². The number of anilines is 1. The maximum atomic E-state index is 11.4. The van der Waals surface area contributed by atoms with Crippen molar-refractivity contribution in [1.82, 2.24) is 4.90 Å². The van der Waals surface area contributed by atoms with Gasteiger partial charge in [0.25, 0.3) is 5.91 Å². The Morgan fingerprint density at radius 2 is 2.00 bits per heavy atom. The Morgan fingerprint density at radius 1 is 1.38 bits per heavy atom. The van der Waals surface area contributed by atoms with Crippen LogP contribution in [-0.4, -0.2) is 30.0 Å². The first-order valence-corrected chi connectivity index (χ1v) is 3.82. The molecular weight excluding hydrogens is 168 g/mol. The van der Waals surface area contributed by atoms with Crippen LogP contribution in [0, 0.1) is 0 Å². The number of amides is 1. The third kappa shape index (κ3) is 2.11. The van der Waals surface area contributed by atoms with Crippen LogP contribution in [0.25, 0.3) is 0 Å². The average molecular weight is 180 g/mol. The molecule has 0 radical (unpaired) electrons. The molecule has 0 saturated carbocycles. The number of hydrogen-bond donors (Lipinski definition) is 2. The zero-order valence-electron chi connectivity index (χ0n) is 7.61. The Bertz CT molecular complexity index is 314. The monoisotopic (exact) mass is 180 g/mol. The molecule has 0 aliphatic heterocycles. The van der Waals surface area contributed by atoms with E-state index in [9.17, 15) is 9.90 Å². The number of benzene rings is 1. The van der Waals surface area contributed by atoms with Gasteiger partial charge in [0.15, 0.2) is 0 Å². The third-order valence-electron chi connectivity index (χ3n) is 1.59. The van der Waals surface area contributed by atoms with Crippen molar-refractivity contribution >= 4 is 11.6 Å². The number of phenols is 1. The Morgan fingerprint density at radius 3 is 2.46 bits per heavy atom. The Hall–Kier alpha value is -1.71. The predicted octanol–water partition coefficient (Wildman–Crippen LogP) is 0.676. The highest BCUT2D eigenvalue weighted by Crippen LogP contribution is 2.17. The van der Waals surface area contributed by atoms with Gasteiger partial charge in [-0.05, 0) is 12.1 Å². The molecule has 0 saturated heterocycles. The number of carbonyl (C=O) groups excluding carboxylic acids is 1. The summed E-state index contributed by atoms with van der Waals surface area (Å²) < 4.78 is 0. The van der Waals surface area contributed by atoms with Gasteiger partial charge in [-0.1, -0.05) is 0 Å². The predicted molar refractivity (Wildman–Crippen MR) is 50.5 cm³/mol. The molecule has 1 amide bonds. The first-order valence-electron chi connectivity index (χ1n) is 3.82. The normalized spacial score (nSPS) is 9.69. The number of nitrogens with two attached hydrogens (primary N) is 1. The highest BCUT2D eigenvalue weighted by molar-refractivity contribution is 5.95. The SMILES string of the molecule is CN(C)C(=O)c1cc(N)cc(O)c1. The van der Waals surface area contributed by atoms with Gasteiger partial charge in [-0.25, -0.2) is 0 Å². The molecule has 1 rings (SSSR count). The Labute approximate surface area is 76.6 Å². The van der Waals surface area contributed by atoms with Crippen molar-refractivity contribution in [3.05, 3.63) is 23.8 Å². The van der Waals surface area contributed by atoms with Crippen molar-refractivity contribution in [3.63, 3.8) is 0 Å². The van der Waals surface area contributed by atoms with Gasteiger partial charge >= 0.3 is 0 Å². The molecule has 4 heteroatoms. The van der Waals surface area contributed by atoms with Crippen LogP contribution in [0.1, 0.15) is 10.4 Å². The minimum atomic E-state index is -0.178. The maximum absolute atomic E-state index is 11.4. The topological polar surface area (TPSA) is 66.6 Å². The van der Waals surface area contributed by atoms with Crippen molar-refractivity contribution in [3.8, 4) is 5.75 Å². The van der Waals surface area contributed by atoms with Crippen LogP contribution in [0.2, 0.25) is 0 Å². The number of hydrogen-bond acceptors (Lipinski definition) is 3. The van der Waals surface area contributed by atoms with Gasteiger partial charge in [0.05, 0.1) is 0 Å². The van der Waals surface area contributed by atoms with Gasteiger partial charge in [-0.3, -0.25) is 4.79 Å². The fourth-order valence-electron chi connectivity index (χ4n) is 1.02. The Kier molecular flexibility index (Phi) is 2.41. The first kappa shape index (κ1) is 9.38. The molecular formula is C9H12N2O2. The van der Waals surface area contributed by atoms with E-state index in [-0.39, 0.29) is 11.7 Å². The molecule has 1 aromatic rings. The second-order valence-corrected chi connectivity index (χ2v) is 3.01. The van der Waals surface area contributed by atoms with E-state index in [0.717, 1.165) is 0 Å². The van der Waals surface area contributed by atoms with Crippen molar-refractivity contribution in [2.45, 2.75) is 0 Å². The van der Waals surface area contributed by atoms with Crippen LogP contribution in [0.5, 0.6) is 5.75 Å². The maximum Gasteiger partial charge on any atom is 0.253 e. The van der Waals surface area contributed by atoms with Crippen LogP contribution in [0.3, 0.4) is 0 Å². The van der Waals surface area contributed by atoms with Crippen LogP contribution in [0.15, 0.2) is 18.2 Å². The largest absolute Gasteiger partial charge is 0.508 e. The zero-order chi connectivity index (χ0) is 10.0. The molecule has 0 bridgehead atoms. The summed E-state index contributed by atoms with van der Waals surface area (Å²) in [4.78, 5) is 12.8. The van der Waals surface area contributed by atoms with Crippen LogP contribution in [-0.2, 0) is 0 Å². The second-order valence-electron chi connectivity index (χ2n) is 3.01. The summed E-state index contributed by atoms with van der Waals surface area (Å²) in [5, 5.41) is 9.17. The molecule has 0 spiro atoms. The molecule has 0 aliphatic rings. The molecule has 0 aromatic heterocycles. The van der Waals surface area contributed by atoms with E-state index in [0.29, 0.717) is 11.3 Å². The van der Waals surface area contributed by atoms with Crippen molar-refractivity contribution in [2.75, 3.05) is 19.8 Å². The highest BCUT2D eigenvalue weighted by Gasteiger charge is 2.08. The van der Waals surface area contributed by atoms with Crippen molar-refractivity contribution in [2.24, 2.45) is 0 Å². The number of phenolic OH excluding ortho intramolecular Hbond substituents is 1. The number of carbonyl (C=O) groups is 1. The van der Waals surface area contributed by atoms with Gasteiger partial charge < -0.3 is 15.7 Å². The standard InChI is InChI=1S/C9H12N2O2/c1-11(2)9(13)6-3-7(10)5-8(12)4-6/h3-5,12H,10H2,1-2H3. The van der Waals surface area contributed by atoms with Gasteiger partial charge in [0.1, 0.15) is 5.75 Å². The summed E-state index contributed by atoms with van der Waals surface area (Å²) >= 11 is 0. The molecule has 1 aromatic carbocycles. The van der Waals surface area contributed by atoms with Gasteiger partial charge in [-0.15, -0.1) is 0 Å². The fourth-order valence-corrected chi connectivity index (χ4v) is 1.02. The summed E-state index contributed by atoms with van der Waals surface area (Å²) in [6.07, 6.45) is 0. The van der Waals surface area contributed by atoms with Gasteiger partial charge in [0.2, 0.25) is 0 Å². The number of rotatable bonds is 1. The van der Waals surface area contributed by atoms with E-state index in [1.807, 2.05) is 0 Å². The van der Waals surface area contributed by atoms with E-state index in [2.05, 4.69) is 0 Å². The molecule has 0 heterocycles. The Balaban J connectivity index is 3.08. The third-order valence-corrected chi connectivity index (χ3v) is 1.59. The lowest BCUT2D eigenvalue weighted by Crippen LogP contribution is -2.21. The molecule has 0 aliphatic carbocycles. The summed E-state index contributed by atoms with van der Waals surface area (Å²) in [6.45, 7) is 0. The van der Waals surface area contributed by atoms with Crippen LogP contribution < -0.4 is 5.73 Å². The highest BCUT2D eigenvalue weighted by atomic mass is 16.3. The average Bonchev–Trinajstić information content (AvgIpc) is 2.01. The van der Waals surface area contributed by atoms with E-state index in [4.69, 9.17) is 5.73 Å². The number of aromatic hydroxyl groups is 1. The lowest BCUT2D eigenvalue weighted by molar-refractivity contribution is 0.0827. The molecule has 4 nitrogen and oxygen atoms in total. The number of nitrogen functional groups attached to an aromatic ring is 1. The lowest BCUT2D eigenvalue weighted by atomic mass is 10.1. The summed E-state index contributed by atoms with van der Waals surface area (Å²) in [6, 6.07) is 4.31. The quantitative estimate of drug-likeness (QED) is 0.624. The van der Waals surface area contributed by atoms with E-state index < -0.39 is 0 Å². The first-order chi connectivity index (χ1) is 6.00. The molecule has 3 N–H and O–H groups in total.